The van der Waals surface area contributed by atoms with Gasteiger partial charge in [-0.15, -0.1) is 0 Å². The predicted molar refractivity (Wildman–Crippen MR) is 46.1 cm³/mol. The van der Waals surface area contributed by atoms with E-state index >= 15 is 0 Å². The topological polar surface area (TPSA) is 3.24 Å². The molecule has 0 aromatic carbocycles. The van der Waals surface area contributed by atoms with Crippen molar-refractivity contribution in [3.8, 4) is 0 Å². The van der Waals surface area contributed by atoms with Gasteiger partial charge in [0.25, 0.3) is 0 Å². The van der Waals surface area contributed by atoms with Crippen LogP contribution in [0.25, 0.3) is 0 Å². The Bertz CT molecular complexity index is 179. The summed E-state index contributed by atoms with van der Waals surface area (Å²) >= 11 is 0. The Morgan fingerprint density at radius 2 is 1.55 bits per heavy atom. The van der Waals surface area contributed by atoms with Crippen LogP contribution in [0.5, 0.6) is 0 Å². The van der Waals surface area contributed by atoms with Crippen LogP contribution in [-0.2, 0) is 0 Å². The van der Waals surface area contributed by atoms with Gasteiger partial charge < -0.3 is 1.43 Å². The van der Waals surface area contributed by atoms with Crippen LogP contribution in [0.4, 0.5) is 0 Å². The Labute approximate surface area is 82.8 Å². The van der Waals surface area contributed by atoms with Gasteiger partial charge in [0.15, 0.2) is 0 Å². The van der Waals surface area contributed by atoms with Crippen LogP contribution in [0.3, 0.4) is 0 Å². The number of rotatable bonds is 1. The van der Waals surface area contributed by atoms with Gasteiger partial charge in [0.1, 0.15) is 0 Å². The van der Waals surface area contributed by atoms with Gasteiger partial charge in [-0.25, -0.2) is 0 Å². The molecular formula is C9H16LiN. The molecule has 0 fully saturated rings. The molecule has 0 saturated carbocycles. The van der Waals surface area contributed by atoms with Crippen molar-refractivity contribution in [1.29, 1.82) is 0 Å². The second-order valence-corrected chi connectivity index (χ2v) is 3.15. The van der Waals surface area contributed by atoms with Crippen molar-refractivity contribution in [2.24, 2.45) is 0 Å². The molecule has 0 N–H and O–H groups in total. The van der Waals surface area contributed by atoms with Crippen molar-refractivity contribution in [2.45, 2.75) is 19.9 Å². The number of allylic oxidation sites excluding steroid dienone is 2. The molecule has 0 saturated heterocycles. The van der Waals surface area contributed by atoms with Crippen LogP contribution < -0.4 is 18.9 Å². The molecule has 0 unspecified atom stereocenters. The predicted octanol–water partition coefficient (Wildman–Crippen LogP) is -1.06. The first-order valence-corrected chi connectivity index (χ1v) is 3.65. The number of likely N-dealkylation sites (N-methyl/N-ethyl adjacent to an activating group) is 1. The van der Waals surface area contributed by atoms with Crippen LogP contribution >= 0.6 is 0 Å². The zero-order valence-corrected chi connectivity index (χ0v) is 8.18. The van der Waals surface area contributed by atoms with Crippen LogP contribution in [0.15, 0.2) is 23.3 Å². The molecule has 0 bridgehead atoms. The zero-order chi connectivity index (χ0) is 7.72. The van der Waals surface area contributed by atoms with E-state index in [1.165, 1.54) is 11.1 Å². The maximum atomic E-state index is 2.29. The largest absolute Gasteiger partial charge is 1.00 e. The summed E-state index contributed by atoms with van der Waals surface area (Å²) in [7, 11) is 4.20. The molecule has 0 amide bonds. The maximum absolute atomic E-state index is 2.29. The molecule has 0 heterocycles. The van der Waals surface area contributed by atoms with E-state index in [-0.39, 0.29) is 20.3 Å². The fourth-order valence-electron chi connectivity index (χ4n) is 1.12. The Kier molecular flexibility index (Phi) is 4.17. The fraction of sp³-hybridized carbons (Fsp3) is 0.556. The molecule has 1 nitrogen and oxygen atoms in total. The molecular weight excluding hydrogens is 129 g/mol. The monoisotopic (exact) mass is 145 g/mol. The second kappa shape index (κ2) is 4.16. The normalized spacial score (nSPS) is 17.9. The van der Waals surface area contributed by atoms with Crippen molar-refractivity contribution >= 4 is 0 Å². The standard InChI is InChI=1S/C9H15N.Li.H/c1-7-5-9(10(3)4)6-8(7)2;;/h5-6,9H,1-4H3;;/q;+1;-1. The fourth-order valence-corrected chi connectivity index (χ4v) is 1.12. The summed E-state index contributed by atoms with van der Waals surface area (Å²) in [5.74, 6) is 0. The zero-order valence-electron chi connectivity index (χ0n) is 9.18. The Morgan fingerprint density at radius 1 is 1.18 bits per heavy atom. The molecule has 1 aliphatic carbocycles. The third-order valence-corrected chi connectivity index (χ3v) is 2.06. The van der Waals surface area contributed by atoms with Gasteiger partial charge in [-0.2, -0.15) is 0 Å². The minimum Gasteiger partial charge on any atom is -1.00 e. The van der Waals surface area contributed by atoms with E-state index in [1.807, 2.05) is 0 Å². The molecule has 0 aliphatic heterocycles. The first kappa shape index (κ1) is 11.0. The van der Waals surface area contributed by atoms with E-state index in [1.54, 1.807) is 0 Å². The maximum Gasteiger partial charge on any atom is 1.00 e. The third-order valence-electron chi connectivity index (χ3n) is 2.06. The second-order valence-electron chi connectivity index (χ2n) is 3.15. The smallest absolute Gasteiger partial charge is 1.00 e. The van der Waals surface area contributed by atoms with E-state index in [0.29, 0.717) is 6.04 Å². The van der Waals surface area contributed by atoms with Gasteiger partial charge in [-0.05, 0) is 27.9 Å². The molecule has 0 radical (unpaired) electrons. The van der Waals surface area contributed by atoms with Crippen molar-refractivity contribution in [3.63, 3.8) is 0 Å². The van der Waals surface area contributed by atoms with Gasteiger partial charge in [0, 0.05) is 6.04 Å². The van der Waals surface area contributed by atoms with Gasteiger partial charge in [-0.3, -0.25) is 4.90 Å². The number of nitrogens with zero attached hydrogens (tertiary/aromatic N) is 1. The van der Waals surface area contributed by atoms with E-state index in [9.17, 15) is 0 Å². The first-order valence-electron chi connectivity index (χ1n) is 3.65. The SMILES string of the molecule is CC1=CC(N(C)C)C=C1C.[H-].[Li+]. The average molecular weight is 145 g/mol. The third kappa shape index (κ3) is 2.52. The molecule has 1 rings (SSSR count). The van der Waals surface area contributed by atoms with Crippen molar-refractivity contribution < 1.29 is 20.3 Å². The van der Waals surface area contributed by atoms with Gasteiger partial charge in [0.2, 0.25) is 0 Å². The van der Waals surface area contributed by atoms with Gasteiger partial charge >= 0.3 is 18.9 Å². The summed E-state index contributed by atoms with van der Waals surface area (Å²) in [5.41, 5.74) is 2.83. The van der Waals surface area contributed by atoms with Crippen LogP contribution in [0, 0.1) is 0 Å². The summed E-state index contributed by atoms with van der Waals surface area (Å²) in [6.07, 6.45) is 4.57. The van der Waals surface area contributed by atoms with Crippen molar-refractivity contribution in [1.82, 2.24) is 4.90 Å². The number of hydrogen-bond donors (Lipinski definition) is 0. The van der Waals surface area contributed by atoms with E-state index < -0.39 is 0 Å². The molecule has 0 aromatic rings. The summed E-state index contributed by atoms with van der Waals surface area (Å²) in [5, 5.41) is 0. The van der Waals surface area contributed by atoms with E-state index in [4.69, 9.17) is 0 Å². The van der Waals surface area contributed by atoms with E-state index in [0.717, 1.165) is 0 Å². The summed E-state index contributed by atoms with van der Waals surface area (Å²) in [6.45, 7) is 4.32. The van der Waals surface area contributed by atoms with Gasteiger partial charge in [0.05, 0.1) is 0 Å². The van der Waals surface area contributed by atoms with Gasteiger partial charge in [-0.1, -0.05) is 23.3 Å². The van der Waals surface area contributed by atoms with E-state index in [2.05, 4.69) is 45.0 Å². The summed E-state index contributed by atoms with van der Waals surface area (Å²) in [6, 6.07) is 0.528. The Balaban J connectivity index is 0. The Hall–Kier alpha value is 0.0374. The first-order chi connectivity index (χ1) is 4.61. The Morgan fingerprint density at radius 3 is 1.73 bits per heavy atom. The van der Waals surface area contributed by atoms with Crippen LogP contribution in [0.2, 0.25) is 0 Å². The minimum atomic E-state index is 0. The average Bonchev–Trinajstić information content (AvgIpc) is 2.13. The van der Waals surface area contributed by atoms with Crippen molar-refractivity contribution in [2.75, 3.05) is 14.1 Å². The molecule has 0 spiro atoms. The molecule has 0 atom stereocenters. The molecule has 11 heavy (non-hydrogen) atoms. The molecule has 0 aromatic heterocycles. The van der Waals surface area contributed by atoms with Crippen molar-refractivity contribution in [3.05, 3.63) is 23.3 Å². The number of hydrogen-bond acceptors (Lipinski definition) is 1. The molecule has 2 heteroatoms. The quantitative estimate of drug-likeness (QED) is 0.425. The molecule has 58 valence electrons. The molecule has 1 aliphatic rings. The summed E-state index contributed by atoms with van der Waals surface area (Å²) < 4.78 is 0. The van der Waals surface area contributed by atoms with Crippen LogP contribution in [0.1, 0.15) is 15.3 Å². The van der Waals surface area contributed by atoms with Crippen LogP contribution in [-0.4, -0.2) is 25.0 Å². The summed E-state index contributed by atoms with van der Waals surface area (Å²) in [4.78, 5) is 2.21. The minimum absolute atomic E-state index is 0.